The number of piperidine rings is 1. The molecule has 1 aliphatic carbocycles. The van der Waals surface area contributed by atoms with Crippen molar-refractivity contribution in [3.8, 4) is 11.5 Å². The van der Waals surface area contributed by atoms with Crippen LogP contribution in [0, 0.1) is 12.3 Å². The van der Waals surface area contributed by atoms with Crippen LogP contribution in [-0.4, -0.2) is 45.8 Å². The summed E-state index contributed by atoms with van der Waals surface area (Å²) in [5.41, 5.74) is 1.36. The van der Waals surface area contributed by atoms with Gasteiger partial charge in [0, 0.05) is 31.6 Å². The predicted molar refractivity (Wildman–Crippen MR) is 110 cm³/mol. The minimum Gasteiger partial charge on any atom is -0.420 e. The van der Waals surface area contributed by atoms with E-state index in [-0.39, 0.29) is 21.4 Å². The molecule has 5 rings (SSSR count). The van der Waals surface area contributed by atoms with E-state index in [2.05, 4.69) is 15.3 Å². The van der Waals surface area contributed by atoms with E-state index in [1.165, 1.54) is 8.99 Å². The van der Waals surface area contributed by atoms with Crippen LogP contribution in [0.25, 0.3) is 11.5 Å². The van der Waals surface area contributed by atoms with Crippen LogP contribution in [-0.2, 0) is 17.1 Å². The minimum atomic E-state index is -3.67. The fourth-order valence-corrected chi connectivity index (χ4v) is 6.67. The molecule has 3 aromatic rings. The molecule has 2 fully saturated rings. The maximum atomic E-state index is 13.1. The minimum absolute atomic E-state index is 0.0420. The molecule has 8 nitrogen and oxygen atoms in total. The second kappa shape index (κ2) is 6.90. The molecule has 2 aromatic heterocycles. The zero-order chi connectivity index (χ0) is 21.1. The topological polar surface area (TPSA) is 94.1 Å². The Kier molecular flexibility index (Phi) is 4.53. The molecule has 3 heterocycles. The summed E-state index contributed by atoms with van der Waals surface area (Å²) in [6.45, 7) is 2.56. The fourth-order valence-electron chi connectivity index (χ4n) is 4.53. The summed E-state index contributed by atoms with van der Waals surface area (Å²) in [6.07, 6.45) is 2.47. The van der Waals surface area contributed by atoms with Gasteiger partial charge in [-0.2, -0.15) is 9.40 Å². The molecule has 0 radical (unpaired) electrons. The molecular weight excluding hydrogens is 426 g/mol. The lowest BCUT2D eigenvalue weighted by Crippen LogP contribution is -2.39. The van der Waals surface area contributed by atoms with Crippen molar-refractivity contribution in [3.05, 3.63) is 47.1 Å². The van der Waals surface area contributed by atoms with Gasteiger partial charge < -0.3 is 4.42 Å². The molecule has 1 saturated heterocycles. The first-order valence-electron chi connectivity index (χ1n) is 9.90. The number of benzene rings is 1. The van der Waals surface area contributed by atoms with Crippen molar-refractivity contribution in [2.75, 3.05) is 13.1 Å². The third kappa shape index (κ3) is 3.07. The van der Waals surface area contributed by atoms with Crippen molar-refractivity contribution in [2.45, 2.75) is 37.0 Å². The Balaban J connectivity index is 1.30. The predicted octanol–water partition coefficient (Wildman–Crippen LogP) is 3.39. The molecule has 10 heteroatoms. The van der Waals surface area contributed by atoms with E-state index >= 15 is 0 Å². The highest BCUT2D eigenvalue weighted by atomic mass is 35.5. The maximum Gasteiger partial charge on any atom is 0.248 e. The molecular formula is C20H22ClN5O3S. The van der Waals surface area contributed by atoms with Gasteiger partial charge in [0.15, 0.2) is 0 Å². The molecule has 1 spiro atoms. The number of rotatable bonds is 4. The Morgan fingerprint density at radius 2 is 1.87 bits per heavy atom. The van der Waals surface area contributed by atoms with E-state index in [4.69, 9.17) is 16.0 Å². The number of sulfonamides is 1. The molecule has 0 unspecified atom stereocenters. The van der Waals surface area contributed by atoms with E-state index < -0.39 is 10.0 Å². The first kappa shape index (κ1) is 19.7. The Labute approximate surface area is 179 Å². The normalized spacial score (nSPS) is 21.2. The van der Waals surface area contributed by atoms with Gasteiger partial charge in [-0.05, 0) is 43.7 Å². The Morgan fingerprint density at radius 3 is 2.50 bits per heavy atom. The third-order valence-corrected chi connectivity index (χ3v) is 8.96. The molecule has 1 aromatic carbocycles. The van der Waals surface area contributed by atoms with Crippen molar-refractivity contribution >= 4 is 21.6 Å². The number of halogens is 1. The van der Waals surface area contributed by atoms with Gasteiger partial charge in [-0.1, -0.05) is 29.8 Å². The van der Waals surface area contributed by atoms with Crippen LogP contribution in [0.2, 0.25) is 5.15 Å². The van der Waals surface area contributed by atoms with Gasteiger partial charge in [-0.15, -0.1) is 10.2 Å². The van der Waals surface area contributed by atoms with Crippen LogP contribution in [0.1, 0.15) is 36.8 Å². The van der Waals surface area contributed by atoms with E-state index in [1.807, 2.05) is 30.3 Å². The van der Waals surface area contributed by atoms with Gasteiger partial charge in [0.2, 0.25) is 21.8 Å². The zero-order valence-electron chi connectivity index (χ0n) is 16.7. The summed E-state index contributed by atoms with van der Waals surface area (Å²) < 4.78 is 35.1. The summed E-state index contributed by atoms with van der Waals surface area (Å²) in [6, 6.07) is 9.69. The molecule has 158 valence electrons. The van der Waals surface area contributed by atoms with Crippen LogP contribution in [0.15, 0.2) is 39.6 Å². The van der Waals surface area contributed by atoms with Crippen LogP contribution in [0.4, 0.5) is 0 Å². The monoisotopic (exact) mass is 447 g/mol. The van der Waals surface area contributed by atoms with Crippen molar-refractivity contribution in [2.24, 2.45) is 12.5 Å². The molecule has 0 N–H and O–H groups in total. The van der Waals surface area contributed by atoms with Crippen molar-refractivity contribution < 1.29 is 12.8 Å². The summed E-state index contributed by atoms with van der Waals surface area (Å²) >= 11 is 6.21. The molecule has 1 aliphatic heterocycles. The first-order valence-corrected chi connectivity index (χ1v) is 11.7. The Hall–Kier alpha value is -2.23. The average molecular weight is 448 g/mol. The first-order chi connectivity index (χ1) is 14.3. The smallest absolute Gasteiger partial charge is 0.248 e. The zero-order valence-corrected chi connectivity index (χ0v) is 18.3. The average Bonchev–Trinajstić information content (AvgIpc) is 3.08. The van der Waals surface area contributed by atoms with Crippen LogP contribution >= 0.6 is 11.6 Å². The number of hydrogen-bond acceptors (Lipinski definition) is 6. The lowest BCUT2D eigenvalue weighted by atomic mass is 9.92. The molecule has 30 heavy (non-hydrogen) atoms. The van der Waals surface area contributed by atoms with Gasteiger partial charge in [0.1, 0.15) is 10.0 Å². The lowest BCUT2D eigenvalue weighted by molar-refractivity contribution is 0.246. The molecule has 0 bridgehead atoms. The Morgan fingerprint density at radius 1 is 1.17 bits per heavy atom. The Bertz CT molecular complexity index is 1200. The maximum absolute atomic E-state index is 13.1. The van der Waals surface area contributed by atoms with Crippen molar-refractivity contribution in [1.29, 1.82) is 0 Å². The van der Waals surface area contributed by atoms with Crippen molar-refractivity contribution in [1.82, 2.24) is 24.3 Å². The van der Waals surface area contributed by atoms with E-state index in [1.54, 1.807) is 14.0 Å². The summed E-state index contributed by atoms with van der Waals surface area (Å²) in [5, 5.41) is 12.8. The number of hydrogen-bond donors (Lipinski definition) is 0. The summed E-state index contributed by atoms with van der Waals surface area (Å²) in [4.78, 5) is 0.111. The van der Waals surface area contributed by atoms with Gasteiger partial charge in [0.05, 0.1) is 5.69 Å². The van der Waals surface area contributed by atoms with Crippen LogP contribution in [0.3, 0.4) is 0 Å². The molecule has 2 aliphatic rings. The number of nitrogens with zero attached hydrogens (tertiary/aromatic N) is 5. The SMILES string of the molecule is Cc1nn(C)c(Cl)c1S(=O)(=O)N1CCC2(CC1)C[C@@H]2c1nnc(-c2ccccc2)o1. The standard InChI is InChI=1S/C20H22ClN5O3S/c1-13-16(17(21)25(2)24-13)30(27,28)26-10-8-20(9-11-26)12-15(20)19-23-22-18(29-19)14-6-4-3-5-7-14/h3-7,15H,8-12H2,1-2H3/t15-/m1/s1. The largest absolute Gasteiger partial charge is 0.420 e. The summed E-state index contributed by atoms with van der Waals surface area (Å²) in [7, 11) is -2.03. The van der Waals surface area contributed by atoms with Crippen molar-refractivity contribution in [3.63, 3.8) is 0 Å². The highest BCUT2D eigenvalue weighted by Gasteiger charge is 2.59. The third-order valence-electron chi connectivity index (χ3n) is 6.37. The molecule has 1 saturated carbocycles. The molecule has 1 atom stereocenters. The number of aromatic nitrogens is 4. The second-order valence-electron chi connectivity index (χ2n) is 8.16. The quantitative estimate of drug-likeness (QED) is 0.608. The highest BCUT2D eigenvalue weighted by Crippen LogP contribution is 2.65. The fraction of sp³-hybridized carbons (Fsp3) is 0.450. The van der Waals surface area contributed by atoms with Gasteiger partial charge in [0.25, 0.3) is 0 Å². The second-order valence-corrected chi connectivity index (χ2v) is 10.4. The highest BCUT2D eigenvalue weighted by molar-refractivity contribution is 7.89. The van der Waals surface area contributed by atoms with E-state index in [0.29, 0.717) is 30.6 Å². The van der Waals surface area contributed by atoms with Gasteiger partial charge in [-0.3, -0.25) is 4.68 Å². The molecule has 0 amide bonds. The van der Waals surface area contributed by atoms with Crippen LogP contribution in [0.5, 0.6) is 0 Å². The van der Waals surface area contributed by atoms with Crippen LogP contribution < -0.4 is 0 Å². The van der Waals surface area contributed by atoms with Gasteiger partial charge >= 0.3 is 0 Å². The summed E-state index contributed by atoms with van der Waals surface area (Å²) in [5.74, 6) is 1.36. The number of aryl methyl sites for hydroxylation is 2. The van der Waals surface area contributed by atoms with E-state index in [9.17, 15) is 8.42 Å². The van der Waals surface area contributed by atoms with Gasteiger partial charge in [-0.25, -0.2) is 8.42 Å². The van der Waals surface area contributed by atoms with E-state index in [0.717, 1.165) is 24.8 Å². The lowest BCUT2D eigenvalue weighted by Gasteiger charge is -2.31.